The highest BCUT2D eigenvalue weighted by molar-refractivity contribution is 14.1. The summed E-state index contributed by atoms with van der Waals surface area (Å²) in [5.74, 6) is -0.422. The van der Waals surface area contributed by atoms with Gasteiger partial charge in [0.15, 0.2) is 0 Å². The molecule has 1 aliphatic heterocycles. The van der Waals surface area contributed by atoms with E-state index in [0.717, 1.165) is 36.2 Å². The molecule has 2 heterocycles. The number of aromatic nitrogens is 1. The van der Waals surface area contributed by atoms with Crippen molar-refractivity contribution in [3.05, 3.63) is 21.5 Å². The molecule has 1 aromatic heterocycles. The number of carboxylic acid groups (broad SMARTS) is 1. The highest BCUT2D eigenvalue weighted by Gasteiger charge is 2.18. The van der Waals surface area contributed by atoms with Crippen LogP contribution in [0.2, 0.25) is 0 Å². The van der Waals surface area contributed by atoms with Crippen LogP contribution >= 0.6 is 22.6 Å². The van der Waals surface area contributed by atoms with Gasteiger partial charge in [-0.15, -0.1) is 0 Å². The van der Waals surface area contributed by atoms with Crippen LogP contribution in [0.25, 0.3) is 0 Å². The van der Waals surface area contributed by atoms with Crippen LogP contribution < -0.4 is 0 Å². The lowest BCUT2D eigenvalue weighted by atomic mass is 10.0. The van der Waals surface area contributed by atoms with Gasteiger partial charge in [-0.2, -0.15) is 0 Å². The van der Waals surface area contributed by atoms with Crippen molar-refractivity contribution in [2.45, 2.75) is 19.4 Å². The van der Waals surface area contributed by atoms with Crippen molar-refractivity contribution < 1.29 is 14.6 Å². The molecule has 0 amide bonds. The third-order valence-electron chi connectivity index (χ3n) is 2.79. The van der Waals surface area contributed by atoms with Crippen LogP contribution in [-0.4, -0.2) is 28.9 Å². The fraction of sp³-hybridized carbons (Fsp3) is 0.545. The van der Waals surface area contributed by atoms with Gasteiger partial charge in [-0.1, -0.05) is 0 Å². The molecule has 0 aromatic carbocycles. The molecule has 0 radical (unpaired) electrons. The molecule has 1 aromatic rings. The SMILES string of the molecule is O=C(O)c1cc(I)cn1CC1CCCOC1. The van der Waals surface area contributed by atoms with Gasteiger partial charge in [0.25, 0.3) is 0 Å². The number of rotatable bonds is 3. The van der Waals surface area contributed by atoms with E-state index in [1.807, 2.05) is 10.8 Å². The van der Waals surface area contributed by atoms with E-state index in [1.165, 1.54) is 0 Å². The van der Waals surface area contributed by atoms with Gasteiger partial charge in [0.2, 0.25) is 0 Å². The molecule has 1 unspecified atom stereocenters. The molecule has 1 saturated heterocycles. The average Bonchev–Trinajstić information content (AvgIpc) is 2.61. The minimum absolute atomic E-state index is 0.370. The van der Waals surface area contributed by atoms with Crippen molar-refractivity contribution in [1.29, 1.82) is 0 Å². The number of carbonyl (C=O) groups is 1. The highest BCUT2D eigenvalue weighted by atomic mass is 127. The second kappa shape index (κ2) is 5.18. The molecule has 4 nitrogen and oxygen atoms in total. The zero-order valence-corrected chi connectivity index (χ0v) is 11.0. The van der Waals surface area contributed by atoms with E-state index in [0.29, 0.717) is 11.6 Å². The number of nitrogens with zero attached hydrogens (tertiary/aromatic N) is 1. The average molecular weight is 335 g/mol. The first-order valence-electron chi connectivity index (χ1n) is 5.33. The summed E-state index contributed by atoms with van der Waals surface area (Å²) < 4.78 is 8.19. The number of hydrogen-bond donors (Lipinski definition) is 1. The molecule has 16 heavy (non-hydrogen) atoms. The topological polar surface area (TPSA) is 51.5 Å². The van der Waals surface area contributed by atoms with Crippen molar-refractivity contribution in [3.63, 3.8) is 0 Å². The fourth-order valence-corrected chi connectivity index (χ4v) is 2.67. The maximum absolute atomic E-state index is 11.0. The van der Waals surface area contributed by atoms with Crippen LogP contribution in [0.4, 0.5) is 0 Å². The van der Waals surface area contributed by atoms with E-state index in [4.69, 9.17) is 9.84 Å². The Morgan fingerprint density at radius 2 is 2.50 bits per heavy atom. The van der Waals surface area contributed by atoms with Gasteiger partial charge in [-0.05, 0) is 41.5 Å². The zero-order chi connectivity index (χ0) is 11.5. The Morgan fingerprint density at radius 1 is 1.69 bits per heavy atom. The molecule has 0 spiro atoms. The third-order valence-corrected chi connectivity index (χ3v) is 3.38. The Balaban J connectivity index is 2.10. The Morgan fingerprint density at radius 3 is 3.12 bits per heavy atom. The van der Waals surface area contributed by atoms with Crippen LogP contribution in [0.15, 0.2) is 12.3 Å². The van der Waals surface area contributed by atoms with E-state index < -0.39 is 5.97 Å². The van der Waals surface area contributed by atoms with E-state index in [1.54, 1.807) is 6.07 Å². The molecule has 0 aliphatic carbocycles. The summed E-state index contributed by atoms with van der Waals surface area (Å²) >= 11 is 2.14. The largest absolute Gasteiger partial charge is 0.477 e. The standard InChI is InChI=1S/C11H14INO3/c12-9-4-10(11(14)15)13(6-9)5-8-2-1-3-16-7-8/h4,6,8H,1-3,5,7H2,(H,14,15). The fourth-order valence-electron chi connectivity index (χ4n) is 2.03. The molecule has 1 N–H and O–H groups in total. The molecule has 5 heteroatoms. The summed E-state index contributed by atoms with van der Waals surface area (Å²) in [5.41, 5.74) is 0.370. The van der Waals surface area contributed by atoms with Crippen LogP contribution in [-0.2, 0) is 11.3 Å². The lowest BCUT2D eigenvalue weighted by molar-refractivity contribution is 0.0471. The molecule has 1 fully saturated rings. The van der Waals surface area contributed by atoms with Crippen molar-refractivity contribution in [3.8, 4) is 0 Å². The third kappa shape index (κ3) is 2.76. The van der Waals surface area contributed by atoms with Crippen LogP contribution in [0, 0.1) is 9.49 Å². The summed E-state index contributed by atoms with van der Waals surface area (Å²) in [5, 5.41) is 9.05. The quantitative estimate of drug-likeness (QED) is 0.862. The maximum atomic E-state index is 11.0. The number of carboxylic acids is 1. The smallest absolute Gasteiger partial charge is 0.352 e. The van der Waals surface area contributed by atoms with Crippen molar-refractivity contribution in [2.75, 3.05) is 13.2 Å². The highest BCUT2D eigenvalue weighted by Crippen LogP contribution is 2.19. The molecule has 1 aliphatic rings. The van der Waals surface area contributed by atoms with Crippen molar-refractivity contribution >= 4 is 28.6 Å². The zero-order valence-electron chi connectivity index (χ0n) is 8.86. The van der Waals surface area contributed by atoms with Gasteiger partial charge in [-0.25, -0.2) is 4.79 Å². The Kier molecular flexibility index (Phi) is 3.86. The second-order valence-electron chi connectivity index (χ2n) is 4.08. The van der Waals surface area contributed by atoms with Gasteiger partial charge in [0.05, 0.1) is 6.61 Å². The summed E-state index contributed by atoms with van der Waals surface area (Å²) in [4.78, 5) is 11.0. The first kappa shape index (κ1) is 11.9. The minimum Gasteiger partial charge on any atom is -0.477 e. The van der Waals surface area contributed by atoms with E-state index in [2.05, 4.69) is 22.6 Å². The molecule has 2 rings (SSSR count). The number of halogens is 1. The van der Waals surface area contributed by atoms with Gasteiger partial charge in [0, 0.05) is 28.8 Å². The number of aromatic carboxylic acids is 1. The van der Waals surface area contributed by atoms with Crippen molar-refractivity contribution in [1.82, 2.24) is 4.57 Å². The summed E-state index contributed by atoms with van der Waals surface area (Å²) in [6.07, 6.45) is 4.08. The molecule has 0 bridgehead atoms. The predicted octanol–water partition coefficient (Wildman–Crippen LogP) is 2.22. The van der Waals surface area contributed by atoms with Crippen molar-refractivity contribution in [2.24, 2.45) is 5.92 Å². The lowest BCUT2D eigenvalue weighted by Crippen LogP contribution is -2.23. The monoisotopic (exact) mass is 335 g/mol. The Labute approximate surface area is 108 Å². The maximum Gasteiger partial charge on any atom is 0.352 e. The summed E-state index contributed by atoms with van der Waals surface area (Å²) in [6, 6.07) is 1.70. The summed E-state index contributed by atoms with van der Waals surface area (Å²) in [6.45, 7) is 2.32. The van der Waals surface area contributed by atoms with Gasteiger partial charge < -0.3 is 14.4 Å². The normalized spacial score (nSPS) is 20.9. The molecule has 1 atom stereocenters. The van der Waals surface area contributed by atoms with Gasteiger partial charge in [-0.3, -0.25) is 0 Å². The van der Waals surface area contributed by atoms with Crippen LogP contribution in [0.1, 0.15) is 23.3 Å². The first-order chi connectivity index (χ1) is 7.66. The molecular weight excluding hydrogens is 321 g/mol. The molecule has 88 valence electrons. The van der Waals surface area contributed by atoms with E-state index in [-0.39, 0.29) is 0 Å². The van der Waals surface area contributed by atoms with Gasteiger partial charge in [0.1, 0.15) is 5.69 Å². The van der Waals surface area contributed by atoms with E-state index >= 15 is 0 Å². The lowest BCUT2D eigenvalue weighted by Gasteiger charge is -2.22. The van der Waals surface area contributed by atoms with Crippen LogP contribution in [0.3, 0.4) is 0 Å². The number of ether oxygens (including phenoxy) is 1. The number of hydrogen-bond acceptors (Lipinski definition) is 2. The van der Waals surface area contributed by atoms with Crippen LogP contribution in [0.5, 0.6) is 0 Å². The first-order valence-corrected chi connectivity index (χ1v) is 6.41. The minimum atomic E-state index is -0.861. The summed E-state index contributed by atoms with van der Waals surface area (Å²) in [7, 11) is 0. The van der Waals surface area contributed by atoms with E-state index in [9.17, 15) is 4.79 Å². The molecule has 0 saturated carbocycles. The Bertz CT molecular complexity index is 383. The molecular formula is C11H14INO3. The second-order valence-corrected chi connectivity index (χ2v) is 5.33. The van der Waals surface area contributed by atoms with Gasteiger partial charge >= 0.3 is 5.97 Å². The Hall–Kier alpha value is -0.560. The predicted molar refractivity (Wildman–Crippen MR) is 67.7 cm³/mol.